The summed E-state index contributed by atoms with van der Waals surface area (Å²) in [6, 6.07) is 14.3. The number of unbranched alkanes of at least 4 members (excludes halogenated alkanes) is 4. The van der Waals surface area contributed by atoms with Crippen LogP contribution in [-0.4, -0.2) is 225 Å². The van der Waals surface area contributed by atoms with Crippen LogP contribution in [0.15, 0.2) is 48.5 Å². The molecule has 640 valence electrons. The molecule has 115 heavy (non-hydrogen) atoms. The fourth-order valence-electron chi connectivity index (χ4n) is 14.0. The standard InChI is InChI=1S/C20H22FNO7S.C20H23NO5.2C9H11FO5S.C8H19N.C3H9ClSi.CH2Cl2.CH4.B4.F2O2S/c1-3-5-11-27-15-9-8-14-17-13(15)7-10-16(28-12-6-4-2)18(17)20(24)22(19(14)23)29-30(21,25)26;1-3-5-11-25-15-9-8-14-17-13(15)7-10-16(26-12-6-4-2)18(17)20(23)21(24)19(14)22;2*10-3-7(11)14-8-4-1-5-6(2-4)15-16(12,13)9(5)8;1-6-9(7(2)3)8(4)5;1-5(2,3)4;2-1-3;;1-4(2)3;1-5(2,3)4/h7-10H,3-6,11-12H2,1-2H3;7-10,24H,3-6,11-12H2,1-2H3;2*4-6,8-9H,1-3H2;7-8H,6H2,1-5H3;1-3H3;1H2;1H4;;. The van der Waals surface area contributed by atoms with Crippen LogP contribution in [0.4, 0.5) is 20.4 Å². The number of fused-ring (bicyclic) bond motifs is 2. The highest BCUT2D eigenvalue weighted by atomic mass is 35.6. The number of carbonyl (C=O) groups is 6. The van der Waals surface area contributed by atoms with Gasteiger partial charge in [0, 0.05) is 86.9 Å². The van der Waals surface area contributed by atoms with Crippen molar-refractivity contribution in [1.29, 1.82) is 0 Å². The average Bonchev–Trinajstić information content (AvgIpc) is 1.62. The summed E-state index contributed by atoms with van der Waals surface area (Å²) in [5.41, 5.74) is 0.368. The molecule has 0 spiro atoms. The number of benzene rings is 4. The number of amides is 4. The first-order valence-electron chi connectivity index (χ1n) is 36.8. The predicted octanol–water partition coefficient (Wildman–Crippen LogP) is 13.0. The normalized spacial score (nSPS) is 22.1. The number of nitrogens with zero attached hydrogens (tertiary/aromatic N) is 3. The molecule has 12 rings (SSSR count). The maximum Gasteiger partial charge on any atom is 0.476 e. The Balaban J connectivity index is 0.000000365. The van der Waals surface area contributed by atoms with E-state index in [9.17, 15) is 79.7 Å². The number of halogens is 8. The zero-order valence-electron chi connectivity index (χ0n) is 65.3. The van der Waals surface area contributed by atoms with Crippen molar-refractivity contribution in [3.05, 3.63) is 70.8 Å². The lowest BCUT2D eigenvalue weighted by atomic mass is 9.08. The second-order valence-corrected chi connectivity index (χ2v) is 41.8. The van der Waals surface area contributed by atoms with E-state index in [0.29, 0.717) is 97.6 Å². The number of hydrogen-bond donors (Lipinski definition) is 1. The summed E-state index contributed by atoms with van der Waals surface area (Å²) in [5, 5.41) is 10.5. The van der Waals surface area contributed by atoms with Crippen molar-refractivity contribution < 1.29 is 129 Å². The van der Waals surface area contributed by atoms with Crippen molar-refractivity contribution >= 4 is 170 Å². The van der Waals surface area contributed by atoms with E-state index >= 15 is 0 Å². The fraction of sp³-hybridized carbons (Fsp3) is 0.634. The van der Waals surface area contributed by atoms with Gasteiger partial charge in [-0.25, -0.2) is 18.4 Å². The molecule has 2 saturated heterocycles. The number of esters is 2. The molecule has 8 aliphatic rings. The first-order chi connectivity index (χ1) is 53.2. The molecule has 4 amide bonds. The molecule has 10 atom stereocenters. The van der Waals surface area contributed by atoms with E-state index in [2.05, 4.69) is 93.6 Å². The summed E-state index contributed by atoms with van der Waals surface area (Å²) in [4.78, 5) is 74.8. The van der Waals surface area contributed by atoms with Crippen molar-refractivity contribution in [2.24, 2.45) is 23.7 Å². The molecular weight excluding hydrogens is 1680 g/mol. The third-order valence-corrected chi connectivity index (χ3v) is 22.2. The second kappa shape index (κ2) is 46.8. The van der Waals surface area contributed by atoms with Gasteiger partial charge in [-0.2, -0.15) is 44.8 Å². The van der Waals surface area contributed by atoms with E-state index in [-0.39, 0.29) is 92.2 Å². The Morgan fingerprint density at radius 2 is 0.904 bits per heavy atom. The molecule has 4 aromatic carbocycles. The van der Waals surface area contributed by atoms with Gasteiger partial charge in [0.15, 0.2) is 13.3 Å². The molecule has 4 aliphatic heterocycles. The maximum atomic E-state index is 13.1. The Labute approximate surface area is 692 Å². The fourth-order valence-corrected chi connectivity index (χ4v) is 18.4. The van der Waals surface area contributed by atoms with Crippen LogP contribution in [0.25, 0.3) is 21.5 Å². The Morgan fingerprint density at radius 3 is 1.20 bits per heavy atom. The van der Waals surface area contributed by atoms with Gasteiger partial charge in [0.2, 0.25) is 0 Å². The Kier molecular flexibility index (Phi) is 42.2. The number of hydroxylamine groups is 4. The minimum Gasteiger partial charge on any atom is -0.493 e. The van der Waals surface area contributed by atoms with Crippen molar-refractivity contribution in [3.8, 4) is 23.0 Å². The highest BCUT2D eigenvalue weighted by Gasteiger charge is 2.67. The third kappa shape index (κ3) is 29.7. The van der Waals surface area contributed by atoms with E-state index in [1.807, 2.05) is 20.8 Å². The number of imide groups is 2. The van der Waals surface area contributed by atoms with Crippen LogP contribution in [0.5, 0.6) is 23.0 Å². The molecule has 1 N–H and O–H groups in total. The molecule has 44 heteroatoms. The van der Waals surface area contributed by atoms with Crippen LogP contribution >= 0.6 is 34.3 Å². The van der Waals surface area contributed by atoms with Gasteiger partial charge in [0.05, 0.1) is 66.2 Å². The Morgan fingerprint density at radius 1 is 0.591 bits per heavy atom. The van der Waals surface area contributed by atoms with E-state index < -0.39 is 127 Å². The molecule has 4 bridgehead atoms. The number of ether oxygens (including phenoxy) is 6. The number of rotatable bonds is 25. The van der Waals surface area contributed by atoms with Crippen LogP contribution in [0.3, 0.4) is 0 Å². The summed E-state index contributed by atoms with van der Waals surface area (Å²) >= 11 is 15.2. The second-order valence-electron chi connectivity index (χ2n) is 28.3. The summed E-state index contributed by atoms with van der Waals surface area (Å²) in [6.45, 7) is 26.1. The average molecular weight is 1780 g/mol. The molecule has 4 heterocycles. The lowest BCUT2D eigenvalue weighted by molar-refractivity contribution is -0.153. The zero-order chi connectivity index (χ0) is 86.3. The summed E-state index contributed by atoms with van der Waals surface area (Å²) in [7, 11) is -5.67. The third-order valence-electron chi connectivity index (χ3n) is 18.3. The molecule has 27 nitrogen and oxygen atoms in total. The van der Waals surface area contributed by atoms with Crippen LogP contribution in [0.2, 0.25) is 19.6 Å². The molecule has 4 aliphatic carbocycles. The predicted molar refractivity (Wildman–Crippen MR) is 432 cm³/mol. The van der Waals surface area contributed by atoms with Crippen molar-refractivity contribution in [2.75, 3.05) is 51.7 Å². The molecule has 4 aromatic rings. The lowest BCUT2D eigenvalue weighted by Gasteiger charge is -2.28. The largest absolute Gasteiger partial charge is 0.493 e. The molecule has 6 fully saturated rings. The van der Waals surface area contributed by atoms with Crippen molar-refractivity contribution in [2.45, 2.75) is 213 Å². The van der Waals surface area contributed by atoms with Gasteiger partial charge in [-0.05, 0) is 134 Å². The topological polar surface area (TPSA) is 352 Å². The minimum atomic E-state index is -5.67. The molecule has 10 unspecified atom stereocenters. The van der Waals surface area contributed by atoms with Crippen molar-refractivity contribution in [1.82, 2.24) is 15.0 Å². The monoisotopic (exact) mass is 1780 g/mol. The van der Waals surface area contributed by atoms with Gasteiger partial charge in [-0.3, -0.25) is 37.7 Å². The van der Waals surface area contributed by atoms with E-state index in [4.69, 9.17) is 79.5 Å². The van der Waals surface area contributed by atoms with Crippen LogP contribution < -0.4 is 18.9 Å². The number of alkyl halides is 4. The van der Waals surface area contributed by atoms with Gasteiger partial charge in [-0.15, -0.1) is 37.6 Å². The van der Waals surface area contributed by atoms with Gasteiger partial charge in [0.1, 0.15) is 53.1 Å². The van der Waals surface area contributed by atoms with E-state index in [1.165, 1.54) is 6.07 Å². The summed E-state index contributed by atoms with van der Waals surface area (Å²) in [5.74, 6) is -4.25. The smallest absolute Gasteiger partial charge is 0.476 e. The number of carbonyl (C=O) groups excluding carboxylic acids is 6. The maximum absolute atomic E-state index is 13.1. The van der Waals surface area contributed by atoms with Gasteiger partial charge >= 0.3 is 33.1 Å². The molecule has 4 saturated carbocycles. The van der Waals surface area contributed by atoms with Gasteiger partial charge < -0.3 is 28.4 Å². The van der Waals surface area contributed by atoms with Crippen LogP contribution in [-0.2, 0) is 73.1 Å². The van der Waals surface area contributed by atoms with E-state index in [1.54, 1.807) is 42.5 Å². The summed E-state index contributed by atoms with van der Waals surface area (Å²) in [6.07, 6.45) is 7.02. The highest BCUT2D eigenvalue weighted by Crippen LogP contribution is 2.57. The molecule has 6 radical (unpaired) electrons. The lowest BCUT2D eigenvalue weighted by Crippen LogP contribution is -2.41. The quantitative estimate of drug-likeness (QED) is 0.00615. The van der Waals surface area contributed by atoms with Gasteiger partial charge in [-0.1, -0.05) is 99.0 Å². The first kappa shape index (κ1) is 104. The summed E-state index contributed by atoms with van der Waals surface area (Å²) < 4.78 is 189. The highest BCUT2D eigenvalue weighted by molar-refractivity contribution is 7.88. The Hall–Kier alpha value is -5.58. The number of hydrogen-bond acceptors (Lipinski definition) is 25. The molecular formula is C71H101B4Cl3F5N3O24S4Si. The zero-order valence-corrected chi connectivity index (χ0v) is 71.9. The van der Waals surface area contributed by atoms with E-state index in [0.717, 1.165) is 57.9 Å². The van der Waals surface area contributed by atoms with Crippen LogP contribution in [0.1, 0.15) is 188 Å². The minimum absolute atomic E-state index is 0. The SMILES string of the molecule is C.CCCCOc1ccc2c(OCCCC)ccc3c2c1C(=O)N(O)C3=O.CCCCOc1ccc2c(OCCCC)ccc3c2c1C(=O)N(OS(=O)(=O)F)C3=O.CCN(C(C)C)C(C)C.C[Si](C)(C)Cl.ClCCl.O=C(CF)OC1C2CC3OS(=O)(=O)C1C3C2.O=C(CF)OC1C2CC3OS(=O)(=O)C1C3C2.O=S(=O)(F)F.[B]B([B])[B]. The van der Waals surface area contributed by atoms with Crippen LogP contribution in [0, 0.1) is 23.7 Å². The Bertz CT molecular complexity index is 4320. The molecule has 0 aromatic heterocycles. The van der Waals surface area contributed by atoms with Gasteiger partial charge in [0.25, 0.3) is 43.9 Å². The first-order valence-corrected chi connectivity index (χ1v) is 47.9. The van der Waals surface area contributed by atoms with Crippen molar-refractivity contribution in [3.63, 3.8) is 0 Å².